The number of fused-ring (bicyclic) bond motifs is 1. The van der Waals surface area contributed by atoms with Gasteiger partial charge in [0.15, 0.2) is 11.9 Å². The molecule has 1 fully saturated rings. The molecule has 3 heterocycles. The van der Waals surface area contributed by atoms with Crippen LogP contribution in [0.15, 0.2) is 89.0 Å². The van der Waals surface area contributed by atoms with Crippen molar-refractivity contribution in [2.45, 2.75) is 107 Å². The summed E-state index contributed by atoms with van der Waals surface area (Å²) in [5.74, 6) is -7.65. The number of guanidine groups is 2. The average Bonchev–Trinajstić information content (AvgIpc) is 4.07. The van der Waals surface area contributed by atoms with Crippen LogP contribution in [0.2, 0.25) is 0 Å². The molecule has 9 amide bonds. The first-order valence-electron chi connectivity index (χ1n) is 24.9. The highest BCUT2D eigenvalue weighted by Crippen LogP contribution is 2.20. The zero-order chi connectivity index (χ0) is 55.9. The number of carbonyl (C=O) groups excluding carboxylic acids is 9. The van der Waals surface area contributed by atoms with Gasteiger partial charge in [0, 0.05) is 74.8 Å². The van der Waals surface area contributed by atoms with Gasteiger partial charge in [-0.3, -0.25) is 53.1 Å². The summed E-state index contributed by atoms with van der Waals surface area (Å²) in [6.45, 7) is 1.32. The molecule has 77 heavy (non-hydrogen) atoms. The number of amides is 9. The molecule has 1 saturated heterocycles. The number of aliphatic imine (C=N–C) groups is 2. The van der Waals surface area contributed by atoms with Crippen LogP contribution in [0.25, 0.3) is 17.0 Å². The van der Waals surface area contributed by atoms with Gasteiger partial charge in [-0.1, -0.05) is 48.5 Å². The Morgan fingerprint density at radius 1 is 0.766 bits per heavy atom. The summed E-state index contributed by atoms with van der Waals surface area (Å²) >= 11 is 0. The summed E-state index contributed by atoms with van der Waals surface area (Å²) in [5.41, 5.74) is 29.6. The molecule has 5 rings (SSSR count). The Morgan fingerprint density at radius 3 is 2.13 bits per heavy atom. The van der Waals surface area contributed by atoms with E-state index in [1.807, 2.05) is 18.2 Å². The van der Waals surface area contributed by atoms with Crippen LogP contribution in [0.4, 0.5) is 0 Å². The van der Waals surface area contributed by atoms with Crippen molar-refractivity contribution in [2.75, 3.05) is 19.6 Å². The molecule has 0 aliphatic carbocycles. The van der Waals surface area contributed by atoms with Crippen LogP contribution in [0.1, 0.15) is 75.1 Å². The second-order valence-electron chi connectivity index (χ2n) is 18.2. The highest BCUT2D eigenvalue weighted by molar-refractivity contribution is 6.05. The normalized spacial score (nSPS) is 20.4. The topological polar surface area (TPSA) is 449 Å². The number of aromatic amines is 2. The molecule has 1 aliphatic rings. The Labute approximate surface area is 443 Å². The van der Waals surface area contributed by atoms with E-state index in [1.165, 1.54) is 25.5 Å². The van der Waals surface area contributed by atoms with Crippen LogP contribution >= 0.6 is 0 Å². The van der Waals surface area contributed by atoms with E-state index in [1.54, 1.807) is 42.6 Å². The number of aromatic nitrogens is 3. The second kappa shape index (κ2) is 29.6. The lowest BCUT2D eigenvalue weighted by molar-refractivity contribution is -0.134. The van der Waals surface area contributed by atoms with Crippen LogP contribution in [-0.4, -0.2) is 136 Å². The molecule has 20 N–H and O–H groups in total. The highest BCUT2D eigenvalue weighted by atomic mass is 16.2. The fourth-order valence-electron chi connectivity index (χ4n) is 8.22. The van der Waals surface area contributed by atoms with Crippen molar-refractivity contribution < 1.29 is 43.2 Å². The molecule has 4 aromatic rings. The van der Waals surface area contributed by atoms with Gasteiger partial charge in [0.05, 0.1) is 6.33 Å². The van der Waals surface area contributed by atoms with Crippen molar-refractivity contribution >= 4 is 82.1 Å². The van der Waals surface area contributed by atoms with Gasteiger partial charge in [-0.25, -0.2) is 4.98 Å². The first kappa shape index (κ1) is 58.6. The number of imidazole rings is 1. The molecule has 6 unspecified atom stereocenters. The quantitative estimate of drug-likeness (QED) is 0.0218. The third-order valence-electron chi connectivity index (χ3n) is 12.1. The largest absolute Gasteiger partial charge is 0.370 e. The van der Waals surface area contributed by atoms with Gasteiger partial charge < -0.3 is 81.2 Å². The first-order valence-corrected chi connectivity index (χ1v) is 24.9. The Balaban J connectivity index is 1.56. The van der Waals surface area contributed by atoms with E-state index < -0.39 is 89.4 Å². The lowest BCUT2D eigenvalue weighted by atomic mass is 10.0. The van der Waals surface area contributed by atoms with Gasteiger partial charge in [0.2, 0.25) is 47.3 Å². The number of nitrogens with one attached hydrogen (secondary N) is 10. The van der Waals surface area contributed by atoms with Crippen molar-refractivity contribution in [3.8, 4) is 0 Å². The maximum atomic E-state index is 14.7. The lowest BCUT2D eigenvalue weighted by Gasteiger charge is -2.26. The maximum absolute atomic E-state index is 14.7. The van der Waals surface area contributed by atoms with Crippen LogP contribution in [0.3, 0.4) is 0 Å². The van der Waals surface area contributed by atoms with Crippen molar-refractivity contribution in [3.05, 3.63) is 95.8 Å². The summed E-state index contributed by atoms with van der Waals surface area (Å²) in [7, 11) is 0. The summed E-state index contributed by atoms with van der Waals surface area (Å²) in [6.07, 6.45) is 5.19. The maximum Gasteiger partial charge on any atom is 0.268 e. The Kier molecular flexibility index (Phi) is 22.5. The van der Waals surface area contributed by atoms with Crippen molar-refractivity contribution in [3.63, 3.8) is 0 Å². The number of para-hydroxylation sites is 1. The fourth-order valence-corrected chi connectivity index (χ4v) is 8.22. The van der Waals surface area contributed by atoms with E-state index in [0.29, 0.717) is 16.8 Å². The van der Waals surface area contributed by atoms with E-state index in [-0.39, 0.29) is 101 Å². The molecule has 27 heteroatoms. The number of nitrogens with two attached hydrogens (primary N) is 5. The number of hydrogen-bond acceptors (Lipinski definition) is 12. The van der Waals surface area contributed by atoms with Crippen molar-refractivity contribution in [1.82, 2.24) is 57.5 Å². The average molecular weight is 1070 g/mol. The predicted molar refractivity (Wildman–Crippen MR) is 285 cm³/mol. The molecule has 0 bridgehead atoms. The summed E-state index contributed by atoms with van der Waals surface area (Å²) < 4.78 is 0. The SMILES string of the molecule is CC(=O)NC(CCCN=C(N)N)C(=O)NC1CCCNC(=O)CCC(C(N)=O)NC(=O)C(Cc2c[nH]c3ccccc23)NC(=O)C(CCCN=C(N)N)NC(=O)/C(=C\c2ccccc2)NC(=O)C(Cc2cnc[nH]2)NC1=O. The van der Waals surface area contributed by atoms with E-state index in [0.717, 1.165) is 10.9 Å². The molecule has 412 valence electrons. The monoisotopic (exact) mass is 1060 g/mol. The van der Waals surface area contributed by atoms with Crippen molar-refractivity contribution in [1.29, 1.82) is 0 Å². The molecule has 27 nitrogen and oxygen atoms in total. The molecular formula is C50H68N18O9. The molecule has 0 saturated carbocycles. The number of carbonyl (C=O) groups is 9. The van der Waals surface area contributed by atoms with Crippen LogP contribution < -0.4 is 71.2 Å². The Bertz CT molecular complexity index is 2790. The van der Waals surface area contributed by atoms with Crippen LogP contribution in [0.5, 0.6) is 0 Å². The van der Waals surface area contributed by atoms with Gasteiger partial charge in [-0.2, -0.15) is 0 Å². The summed E-state index contributed by atoms with van der Waals surface area (Å²) in [6, 6.07) is 7.43. The van der Waals surface area contributed by atoms with Crippen molar-refractivity contribution in [2.24, 2.45) is 38.7 Å². The van der Waals surface area contributed by atoms with E-state index >= 15 is 0 Å². The Hall–Kier alpha value is -9.30. The highest BCUT2D eigenvalue weighted by Gasteiger charge is 2.34. The number of H-pyrrole nitrogens is 2. The standard InChI is InChI=1S/C50H68N18O9/c1-28(69)62-35(14-8-20-58-49(52)53)43(72)64-36-15-7-19-57-41(70)18-17-34(42(51)71)63-47(76)39(23-30-25-60-33-13-6-5-12-32(30)33)67-44(73)37(16-9-21-59-50(54)55)65-46(75)38(22-29-10-3-2-4-11-29)66-48(77)40(68-45(36)74)24-31-26-56-27-61-31/h2-6,10-13,22,25-27,34-37,39-40,60H,7-9,14-21,23-24H2,1H3,(H2,51,71)(H,56,61)(H,57,70)(H,62,69)(H,63,76)(H,64,72)(H,65,75)(H,66,77)(H,67,73)(H,68,74)(H4,52,53,58)(H4,54,55,59)/b38-22+. The fraction of sp³-hybridized carbons (Fsp3) is 0.400. The van der Waals surface area contributed by atoms with E-state index in [9.17, 15) is 43.2 Å². The minimum absolute atomic E-state index is 0.0301. The minimum Gasteiger partial charge on any atom is -0.370 e. The molecule has 2 aromatic heterocycles. The summed E-state index contributed by atoms with van der Waals surface area (Å²) in [4.78, 5) is 143. The molecule has 0 spiro atoms. The van der Waals surface area contributed by atoms with E-state index in [4.69, 9.17) is 28.7 Å². The predicted octanol–water partition coefficient (Wildman–Crippen LogP) is -2.96. The summed E-state index contributed by atoms with van der Waals surface area (Å²) in [5, 5.41) is 22.0. The van der Waals surface area contributed by atoms with Crippen LogP contribution in [0, 0.1) is 0 Å². The molecule has 2 aromatic carbocycles. The zero-order valence-corrected chi connectivity index (χ0v) is 42.6. The number of hydrogen-bond donors (Lipinski definition) is 15. The minimum atomic E-state index is -1.47. The lowest BCUT2D eigenvalue weighted by Crippen LogP contribution is -2.58. The number of nitrogens with zero attached hydrogens (tertiary/aromatic N) is 3. The third-order valence-corrected chi connectivity index (χ3v) is 12.1. The van der Waals surface area contributed by atoms with Gasteiger partial charge in [-0.05, 0) is 68.2 Å². The number of benzene rings is 2. The number of primary amides is 1. The molecule has 1 aliphatic heterocycles. The van der Waals surface area contributed by atoms with Gasteiger partial charge >= 0.3 is 0 Å². The van der Waals surface area contributed by atoms with Crippen LogP contribution in [-0.2, 0) is 56.0 Å². The first-order chi connectivity index (χ1) is 36.9. The third kappa shape index (κ3) is 19.5. The zero-order valence-electron chi connectivity index (χ0n) is 42.6. The Morgan fingerprint density at radius 2 is 1.44 bits per heavy atom. The smallest absolute Gasteiger partial charge is 0.268 e. The number of rotatable bonds is 17. The molecule has 6 atom stereocenters. The van der Waals surface area contributed by atoms with Gasteiger partial charge in [0.25, 0.3) is 5.91 Å². The molecular weight excluding hydrogens is 997 g/mol. The second-order valence-corrected chi connectivity index (χ2v) is 18.2. The van der Waals surface area contributed by atoms with Gasteiger partial charge in [0.1, 0.15) is 41.9 Å². The van der Waals surface area contributed by atoms with Gasteiger partial charge in [-0.15, -0.1) is 0 Å². The molecule has 0 radical (unpaired) electrons. The van der Waals surface area contributed by atoms with E-state index in [2.05, 4.69) is 67.5 Å².